The number of halogens is 1. The van der Waals surface area contributed by atoms with Gasteiger partial charge < -0.3 is 16.5 Å². The molecule has 19 heavy (non-hydrogen) atoms. The summed E-state index contributed by atoms with van der Waals surface area (Å²) in [7, 11) is 0. The van der Waals surface area contributed by atoms with Crippen molar-refractivity contribution in [2.45, 2.75) is 0 Å². The van der Waals surface area contributed by atoms with Gasteiger partial charge in [-0.15, -0.1) is 0 Å². The first-order valence-corrected chi connectivity index (χ1v) is 5.53. The average Bonchev–Trinajstić information content (AvgIpc) is 2.38. The third-order valence-electron chi connectivity index (χ3n) is 2.55. The Balaban J connectivity index is 2.18. The van der Waals surface area contributed by atoms with Gasteiger partial charge in [0.25, 0.3) is 5.91 Å². The lowest BCUT2D eigenvalue weighted by Gasteiger charge is -2.08. The zero-order valence-electron chi connectivity index (χ0n) is 9.98. The van der Waals surface area contributed by atoms with Crippen LogP contribution in [0.5, 0.6) is 0 Å². The second kappa shape index (κ2) is 5.36. The summed E-state index contributed by atoms with van der Waals surface area (Å²) >= 11 is 0. The summed E-state index contributed by atoms with van der Waals surface area (Å²) in [6, 6.07) is 10.3. The van der Waals surface area contributed by atoms with Gasteiger partial charge in [-0.25, -0.2) is 4.39 Å². The molecule has 2 aromatic rings. The molecule has 0 aromatic heterocycles. The molecule has 0 fully saturated rings. The highest BCUT2D eigenvalue weighted by atomic mass is 19.1. The lowest BCUT2D eigenvalue weighted by atomic mass is 10.1. The second-order valence-corrected chi connectivity index (χ2v) is 3.91. The van der Waals surface area contributed by atoms with Crippen molar-refractivity contribution >= 4 is 23.0 Å². The minimum absolute atomic E-state index is 0.356. The van der Waals surface area contributed by atoms with Crippen LogP contribution < -0.4 is 22.3 Å². The Morgan fingerprint density at radius 1 is 1.16 bits per heavy atom. The molecule has 0 radical (unpaired) electrons. The number of anilines is 3. The first kappa shape index (κ1) is 12.8. The Bertz CT molecular complexity index is 615. The molecule has 0 spiro atoms. The largest absolute Gasteiger partial charge is 0.397 e. The molecule has 6 heteroatoms. The molecule has 0 unspecified atom stereocenters. The molecule has 1 amide bonds. The number of hydrogen-bond donors (Lipinski definition) is 4. The molecule has 0 aliphatic carbocycles. The molecular weight excluding hydrogens is 247 g/mol. The molecular formula is C13H13FN4O. The van der Waals surface area contributed by atoms with E-state index in [9.17, 15) is 9.18 Å². The molecule has 98 valence electrons. The second-order valence-electron chi connectivity index (χ2n) is 3.91. The first-order chi connectivity index (χ1) is 9.10. The van der Waals surface area contributed by atoms with E-state index in [0.717, 1.165) is 0 Å². The number of nitrogens with two attached hydrogens (primary N) is 2. The Kier molecular flexibility index (Phi) is 3.63. The molecule has 5 nitrogen and oxygen atoms in total. The topological polar surface area (TPSA) is 93.2 Å². The van der Waals surface area contributed by atoms with Gasteiger partial charge in [-0.05, 0) is 36.4 Å². The van der Waals surface area contributed by atoms with Crippen LogP contribution in [0, 0.1) is 5.82 Å². The highest BCUT2D eigenvalue weighted by Gasteiger charge is 2.08. The number of carbonyl (C=O) groups is 1. The van der Waals surface area contributed by atoms with E-state index in [2.05, 4.69) is 10.7 Å². The summed E-state index contributed by atoms with van der Waals surface area (Å²) < 4.78 is 13.0. The van der Waals surface area contributed by atoms with Crippen molar-refractivity contribution in [1.29, 1.82) is 0 Å². The number of nitrogen functional groups attached to an aromatic ring is 2. The summed E-state index contributed by atoms with van der Waals surface area (Å²) in [6.07, 6.45) is 0. The lowest BCUT2D eigenvalue weighted by molar-refractivity contribution is 0.102. The van der Waals surface area contributed by atoms with Crippen molar-refractivity contribution in [3.8, 4) is 0 Å². The van der Waals surface area contributed by atoms with E-state index in [1.165, 1.54) is 24.3 Å². The highest BCUT2D eigenvalue weighted by Crippen LogP contribution is 2.19. The van der Waals surface area contributed by atoms with Crippen molar-refractivity contribution in [2.75, 3.05) is 16.5 Å². The summed E-state index contributed by atoms with van der Waals surface area (Å²) in [5, 5.41) is 2.58. The number of carbonyl (C=O) groups excluding carboxylic acids is 1. The van der Waals surface area contributed by atoms with E-state index in [1.54, 1.807) is 18.2 Å². The average molecular weight is 260 g/mol. The standard InChI is InChI=1S/C13H13FN4O/c14-9-2-1-3-10(7-9)17-13(19)8-4-5-12(18-16)11(15)6-8/h1-7,18H,15-16H2,(H,17,19). The van der Waals surface area contributed by atoms with Crippen LogP contribution in [-0.2, 0) is 0 Å². The van der Waals surface area contributed by atoms with Crippen LogP contribution in [0.2, 0.25) is 0 Å². The summed E-state index contributed by atoms with van der Waals surface area (Å²) in [5.41, 5.74) is 9.74. The van der Waals surface area contributed by atoms with Gasteiger partial charge in [-0.3, -0.25) is 10.6 Å². The van der Waals surface area contributed by atoms with Crippen LogP contribution in [0.15, 0.2) is 42.5 Å². The number of nitrogens with one attached hydrogen (secondary N) is 2. The SMILES string of the molecule is NNc1ccc(C(=O)Nc2cccc(F)c2)cc1N. The fourth-order valence-electron chi connectivity index (χ4n) is 1.60. The predicted molar refractivity (Wildman–Crippen MR) is 73.0 cm³/mol. The molecule has 2 aromatic carbocycles. The van der Waals surface area contributed by atoms with Gasteiger partial charge >= 0.3 is 0 Å². The normalized spacial score (nSPS) is 10.0. The van der Waals surface area contributed by atoms with Crippen LogP contribution in [0.1, 0.15) is 10.4 Å². The Morgan fingerprint density at radius 2 is 1.95 bits per heavy atom. The van der Waals surface area contributed by atoms with Crippen LogP contribution in [0.3, 0.4) is 0 Å². The molecule has 0 bridgehead atoms. The number of hydrazine groups is 1. The van der Waals surface area contributed by atoms with Gasteiger partial charge in [0.15, 0.2) is 0 Å². The molecule has 0 aliphatic rings. The van der Waals surface area contributed by atoms with Crippen LogP contribution >= 0.6 is 0 Å². The molecule has 0 heterocycles. The van der Waals surface area contributed by atoms with E-state index < -0.39 is 5.82 Å². The zero-order valence-corrected chi connectivity index (χ0v) is 9.98. The fourth-order valence-corrected chi connectivity index (χ4v) is 1.60. The van der Waals surface area contributed by atoms with Gasteiger partial charge in [-0.1, -0.05) is 6.07 Å². The monoisotopic (exact) mass is 260 g/mol. The summed E-state index contributed by atoms with van der Waals surface area (Å²) in [6.45, 7) is 0. The van der Waals surface area contributed by atoms with Crippen molar-refractivity contribution in [2.24, 2.45) is 5.84 Å². The van der Waals surface area contributed by atoms with E-state index in [0.29, 0.717) is 22.6 Å². The minimum Gasteiger partial charge on any atom is -0.397 e. The van der Waals surface area contributed by atoms with Gasteiger partial charge in [-0.2, -0.15) is 0 Å². The maximum atomic E-state index is 13.0. The third kappa shape index (κ3) is 2.99. The van der Waals surface area contributed by atoms with Crippen molar-refractivity contribution in [3.05, 3.63) is 53.8 Å². The quantitative estimate of drug-likeness (QED) is 0.385. The first-order valence-electron chi connectivity index (χ1n) is 5.53. The van der Waals surface area contributed by atoms with E-state index in [1.807, 2.05) is 0 Å². The predicted octanol–water partition coefficient (Wildman–Crippen LogP) is 1.95. The van der Waals surface area contributed by atoms with E-state index >= 15 is 0 Å². The maximum absolute atomic E-state index is 13.0. The van der Waals surface area contributed by atoms with Crippen molar-refractivity contribution in [1.82, 2.24) is 0 Å². The smallest absolute Gasteiger partial charge is 0.255 e. The number of benzene rings is 2. The van der Waals surface area contributed by atoms with E-state index in [-0.39, 0.29) is 5.91 Å². The Labute approximate surface area is 109 Å². The molecule has 0 atom stereocenters. The lowest BCUT2D eigenvalue weighted by Crippen LogP contribution is -2.14. The van der Waals surface area contributed by atoms with Crippen LogP contribution in [0.25, 0.3) is 0 Å². The van der Waals surface area contributed by atoms with Gasteiger partial charge in [0.05, 0.1) is 11.4 Å². The zero-order chi connectivity index (χ0) is 13.8. The van der Waals surface area contributed by atoms with Crippen molar-refractivity contribution < 1.29 is 9.18 Å². The minimum atomic E-state index is -0.417. The molecule has 0 aliphatic heterocycles. The number of rotatable bonds is 3. The maximum Gasteiger partial charge on any atom is 0.255 e. The third-order valence-corrected chi connectivity index (χ3v) is 2.55. The highest BCUT2D eigenvalue weighted by molar-refractivity contribution is 6.05. The van der Waals surface area contributed by atoms with E-state index in [4.69, 9.17) is 11.6 Å². The molecule has 6 N–H and O–H groups in total. The van der Waals surface area contributed by atoms with Gasteiger partial charge in [0.2, 0.25) is 0 Å². The van der Waals surface area contributed by atoms with Gasteiger partial charge in [0.1, 0.15) is 5.82 Å². The Morgan fingerprint density at radius 3 is 2.58 bits per heavy atom. The summed E-state index contributed by atoms with van der Waals surface area (Å²) in [5.74, 6) is 4.45. The molecule has 0 saturated carbocycles. The van der Waals surface area contributed by atoms with Crippen LogP contribution in [-0.4, -0.2) is 5.91 Å². The van der Waals surface area contributed by atoms with Crippen LogP contribution in [0.4, 0.5) is 21.5 Å². The number of amides is 1. The fraction of sp³-hybridized carbons (Fsp3) is 0. The van der Waals surface area contributed by atoms with Gasteiger partial charge in [0, 0.05) is 11.3 Å². The van der Waals surface area contributed by atoms with Crippen molar-refractivity contribution in [3.63, 3.8) is 0 Å². The summed E-state index contributed by atoms with van der Waals surface area (Å²) in [4.78, 5) is 11.9. The number of hydrogen-bond acceptors (Lipinski definition) is 4. The molecule has 0 saturated heterocycles. The Hall–Kier alpha value is -2.60. The molecule has 2 rings (SSSR count).